The van der Waals surface area contributed by atoms with Gasteiger partial charge in [-0.05, 0) is 19.1 Å². The zero-order valence-corrected chi connectivity index (χ0v) is 16.8. The summed E-state index contributed by atoms with van der Waals surface area (Å²) in [5.74, 6) is 1.25. The highest BCUT2D eigenvalue weighted by atomic mass is 32.2. The van der Waals surface area contributed by atoms with Crippen LogP contribution in [0.2, 0.25) is 0 Å². The van der Waals surface area contributed by atoms with E-state index < -0.39 is 0 Å². The first-order valence-electron chi connectivity index (χ1n) is 10.3. The van der Waals surface area contributed by atoms with E-state index in [4.69, 9.17) is 5.11 Å². The number of hydrogen-bond donors (Lipinski definition) is 2. The maximum atomic E-state index is 8.75. The highest BCUT2D eigenvalue weighted by Gasteiger charge is 2.00. The number of hydrogen-bond acceptors (Lipinski definition) is 3. The summed E-state index contributed by atoms with van der Waals surface area (Å²) >= 11 is 1.98. The lowest BCUT2D eigenvalue weighted by molar-refractivity contribution is 0.292. The van der Waals surface area contributed by atoms with Gasteiger partial charge in [-0.1, -0.05) is 90.4 Å². The topological polar surface area (TPSA) is 32.3 Å². The van der Waals surface area contributed by atoms with Crippen LogP contribution in [0, 0.1) is 0 Å². The third-order valence-corrected chi connectivity index (χ3v) is 5.60. The molecule has 0 radical (unpaired) electrons. The molecule has 3 heteroatoms. The Morgan fingerprint density at radius 2 is 1.17 bits per heavy atom. The normalized spacial score (nSPS) is 12.7. The first kappa shape index (κ1) is 23.3. The molecule has 140 valence electrons. The molecule has 0 saturated carbocycles. The molecule has 0 saturated heterocycles. The average molecular weight is 346 g/mol. The van der Waals surface area contributed by atoms with Crippen molar-refractivity contribution in [1.29, 1.82) is 0 Å². The predicted molar refractivity (Wildman–Crippen MR) is 107 cm³/mol. The molecule has 0 heterocycles. The van der Waals surface area contributed by atoms with Gasteiger partial charge in [0.1, 0.15) is 0 Å². The maximum Gasteiger partial charge on any atom is 0.0556 e. The summed E-state index contributed by atoms with van der Waals surface area (Å²) in [6.07, 6.45) is 20.0. The molecular weight excluding hydrogens is 302 g/mol. The second-order valence-corrected chi connectivity index (χ2v) is 8.24. The Bertz CT molecular complexity index is 214. The minimum absolute atomic E-state index is 0.240. The third-order valence-electron chi connectivity index (χ3n) is 4.41. The summed E-state index contributed by atoms with van der Waals surface area (Å²) in [6, 6.07) is 0. The van der Waals surface area contributed by atoms with Crippen LogP contribution >= 0.6 is 11.8 Å². The van der Waals surface area contributed by atoms with E-state index in [9.17, 15) is 0 Å². The van der Waals surface area contributed by atoms with Gasteiger partial charge in [0.25, 0.3) is 0 Å². The molecule has 0 aromatic rings. The van der Waals surface area contributed by atoms with Crippen molar-refractivity contribution in [2.45, 2.75) is 109 Å². The lowest BCUT2D eigenvalue weighted by atomic mass is 10.0. The Balaban J connectivity index is 3.02. The summed E-state index contributed by atoms with van der Waals surface area (Å²) in [4.78, 5) is 0. The van der Waals surface area contributed by atoms with Crippen LogP contribution < -0.4 is 5.32 Å². The highest BCUT2D eigenvalue weighted by Crippen LogP contribution is 2.15. The predicted octanol–water partition coefficient (Wildman–Crippen LogP) is 6.13. The summed E-state index contributed by atoms with van der Waals surface area (Å²) in [6.45, 7) is 5.43. The van der Waals surface area contributed by atoms with Crippen molar-refractivity contribution in [2.24, 2.45) is 0 Å². The van der Waals surface area contributed by atoms with Gasteiger partial charge in [0.2, 0.25) is 0 Å². The molecule has 1 unspecified atom stereocenters. The van der Waals surface area contributed by atoms with E-state index in [1.54, 1.807) is 0 Å². The van der Waals surface area contributed by atoms with Gasteiger partial charge in [-0.25, -0.2) is 0 Å². The Hall–Kier alpha value is 0.270. The van der Waals surface area contributed by atoms with Gasteiger partial charge in [-0.2, -0.15) is 0 Å². The molecule has 0 aromatic carbocycles. The molecule has 1 atom stereocenters. The van der Waals surface area contributed by atoms with Gasteiger partial charge in [-0.15, -0.1) is 11.8 Å². The summed E-state index contributed by atoms with van der Waals surface area (Å²) in [5.41, 5.74) is 0. The number of rotatable bonds is 19. The fraction of sp³-hybridized carbons (Fsp3) is 1.00. The van der Waals surface area contributed by atoms with E-state index in [1.165, 1.54) is 95.6 Å². The zero-order valence-electron chi connectivity index (χ0n) is 16.0. The fourth-order valence-electron chi connectivity index (χ4n) is 2.88. The Kier molecular flexibility index (Phi) is 20.6. The van der Waals surface area contributed by atoms with Gasteiger partial charge in [0, 0.05) is 6.54 Å². The molecule has 2 N–H and O–H groups in total. The van der Waals surface area contributed by atoms with E-state index in [-0.39, 0.29) is 6.61 Å². The van der Waals surface area contributed by atoms with Crippen molar-refractivity contribution in [3.05, 3.63) is 0 Å². The fourth-order valence-corrected chi connectivity index (χ4v) is 3.84. The van der Waals surface area contributed by atoms with Crippen LogP contribution in [0.1, 0.15) is 104 Å². The molecule has 0 bridgehead atoms. The van der Waals surface area contributed by atoms with Crippen LogP contribution in [0.4, 0.5) is 0 Å². The van der Waals surface area contributed by atoms with E-state index in [0.29, 0.717) is 11.9 Å². The highest BCUT2D eigenvalue weighted by molar-refractivity contribution is 7.99. The van der Waals surface area contributed by atoms with Crippen LogP contribution in [0.3, 0.4) is 0 Å². The quantitative estimate of drug-likeness (QED) is 0.218. The molecule has 0 fully saturated rings. The second kappa shape index (κ2) is 20.3. The van der Waals surface area contributed by atoms with E-state index in [1.807, 2.05) is 11.8 Å². The molecule has 0 rings (SSSR count). The summed E-state index contributed by atoms with van der Waals surface area (Å²) in [7, 11) is 0. The van der Waals surface area contributed by atoms with Gasteiger partial charge < -0.3 is 10.4 Å². The molecule has 0 amide bonds. The maximum absolute atomic E-state index is 8.75. The number of nitrogens with one attached hydrogen (secondary N) is 1. The van der Waals surface area contributed by atoms with Gasteiger partial charge in [-0.3, -0.25) is 0 Å². The van der Waals surface area contributed by atoms with Gasteiger partial charge in [0.05, 0.1) is 12.0 Å². The molecule has 0 aliphatic heterocycles. The van der Waals surface area contributed by atoms with E-state index >= 15 is 0 Å². The Labute approximate surface area is 150 Å². The summed E-state index contributed by atoms with van der Waals surface area (Å²) in [5, 5.41) is 12.5. The molecular formula is C20H43NOS. The van der Waals surface area contributed by atoms with Crippen molar-refractivity contribution in [3.8, 4) is 0 Å². The van der Waals surface area contributed by atoms with E-state index in [2.05, 4.69) is 19.2 Å². The molecule has 23 heavy (non-hydrogen) atoms. The smallest absolute Gasteiger partial charge is 0.0556 e. The Morgan fingerprint density at radius 3 is 1.61 bits per heavy atom. The number of thioether (sulfide) groups is 1. The lowest BCUT2D eigenvalue weighted by Gasteiger charge is -2.12. The van der Waals surface area contributed by atoms with Crippen molar-refractivity contribution >= 4 is 11.8 Å². The number of aliphatic hydroxyl groups excluding tert-OH is 1. The monoisotopic (exact) mass is 345 g/mol. The van der Waals surface area contributed by atoms with Crippen molar-refractivity contribution in [1.82, 2.24) is 5.32 Å². The number of unbranched alkanes of at least 4 members (excludes halogenated alkanes) is 13. The lowest BCUT2D eigenvalue weighted by Crippen LogP contribution is -2.26. The van der Waals surface area contributed by atoms with Crippen LogP contribution in [-0.2, 0) is 0 Å². The van der Waals surface area contributed by atoms with Crippen LogP contribution in [0.5, 0.6) is 0 Å². The minimum Gasteiger partial charge on any atom is -0.395 e. The molecule has 0 aliphatic rings. The second-order valence-electron chi connectivity index (χ2n) is 6.79. The third kappa shape index (κ3) is 20.2. The zero-order chi connectivity index (χ0) is 17.0. The SMILES string of the molecule is CCCCCCCCCCCCCCCCSC(C)NCCO. The summed E-state index contributed by atoms with van der Waals surface area (Å²) < 4.78 is 0. The van der Waals surface area contributed by atoms with Crippen LogP contribution in [0.25, 0.3) is 0 Å². The van der Waals surface area contributed by atoms with Crippen molar-refractivity contribution in [3.63, 3.8) is 0 Å². The van der Waals surface area contributed by atoms with Crippen molar-refractivity contribution in [2.75, 3.05) is 18.9 Å². The largest absolute Gasteiger partial charge is 0.395 e. The Morgan fingerprint density at radius 1 is 0.739 bits per heavy atom. The standard InChI is InChI=1S/C20H43NOS/c1-3-4-5-6-7-8-9-10-11-12-13-14-15-16-19-23-20(2)21-17-18-22/h20-22H,3-19H2,1-2H3. The van der Waals surface area contributed by atoms with Gasteiger partial charge in [0.15, 0.2) is 0 Å². The van der Waals surface area contributed by atoms with Crippen LogP contribution in [0.15, 0.2) is 0 Å². The minimum atomic E-state index is 0.240. The first-order chi connectivity index (χ1) is 11.3. The number of aliphatic hydroxyl groups is 1. The molecule has 0 aromatic heterocycles. The first-order valence-corrected chi connectivity index (χ1v) is 11.3. The molecule has 0 aliphatic carbocycles. The van der Waals surface area contributed by atoms with Crippen molar-refractivity contribution < 1.29 is 5.11 Å². The average Bonchev–Trinajstić information content (AvgIpc) is 2.56. The van der Waals surface area contributed by atoms with Gasteiger partial charge >= 0.3 is 0 Å². The molecule has 0 spiro atoms. The van der Waals surface area contributed by atoms with Crippen LogP contribution in [-0.4, -0.2) is 29.4 Å². The van der Waals surface area contributed by atoms with E-state index in [0.717, 1.165) is 0 Å². The molecule has 2 nitrogen and oxygen atoms in total.